The minimum absolute atomic E-state index is 0.0688. The zero-order valence-corrected chi connectivity index (χ0v) is 16.2. The molecule has 0 aliphatic carbocycles. The fourth-order valence-electron chi connectivity index (χ4n) is 2.98. The standard InChI is InChI=1S/C19H22ClN3O2S/c1-13-6-7-15(10-17(13)20)22-18(24)14-4-2-8-23(12-14)19(25)21-11-16-5-3-9-26-16/h3,5-7,9-10,14H,2,4,8,11-12H2,1H3,(H,21,25)(H,22,24). The van der Waals surface area contributed by atoms with Crippen LogP contribution in [0.2, 0.25) is 5.02 Å². The van der Waals surface area contributed by atoms with E-state index in [2.05, 4.69) is 10.6 Å². The normalized spacial score (nSPS) is 17.0. The molecule has 2 N–H and O–H groups in total. The molecule has 1 aromatic heterocycles. The van der Waals surface area contributed by atoms with E-state index in [0.717, 1.165) is 23.3 Å². The van der Waals surface area contributed by atoms with Gasteiger partial charge in [-0.3, -0.25) is 4.79 Å². The molecule has 7 heteroatoms. The number of anilines is 1. The van der Waals surface area contributed by atoms with Crippen LogP contribution in [0, 0.1) is 12.8 Å². The highest BCUT2D eigenvalue weighted by Crippen LogP contribution is 2.23. The van der Waals surface area contributed by atoms with E-state index < -0.39 is 0 Å². The van der Waals surface area contributed by atoms with E-state index in [1.165, 1.54) is 0 Å². The fraction of sp³-hybridized carbons (Fsp3) is 0.368. The van der Waals surface area contributed by atoms with E-state index in [1.54, 1.807) is 22.3 Å². The van der Waals surface area contributed by atoms with Gasteiger partial charge >= 0.3 is 6.03 Å². The Morgan fingerprint density at radius 1 is 1.35 bits per heavy atom. The van der Waals surface area contributed by atoms with Crippen molar-refractivity contribution in [2.24, 2.45) is 5.92 Å². The maximum atomic E-state index is 12.6. The summed E-state index contributed by atoms with van der Waals surface area (Å²) >= 11 is 7.73. The third-order valence-electron chi connectivity index (χ3n) is 4.51. The average molecular weight is 392 g/mol. The van der Waals surface area contributed by atoms with Crippen molar-refractivity contribution < 1.29 is 9.59 Å². The second-order valence-corrected chi connectivity index (χ2v) is 7.92. The summed E-state index contributed by atoms with van der Waals surface area (Å²) < 4.78 is 0. The van der Waals surface area contributed by atoms with Gasteiger partial charge in [0.2, 0.25) is 5.91 Å². The van der Waals surface area contributed by atoms with Crippen LogP contribution in [0.3, 0.4) is 0 Å². The summed E-state index contributed by atoms with van der Waals surface area (Å²) in [5.74, 6) is -0.281. The van der Waals surface area contributed by atoms with Crippen LogP contribution >= 0.6 is 22.9 Å². The quantitative estimate of drug-likeness (QED) is 0.817. The highest BCUT2D eigenvalue weighted by Gasteiger charge is 2.28. The first-order valence-electron chi connectivity index (χ1n) is 8.65. The molecule has 1 aromatic carbocycles. The summed E-state index contributed by atoms with van der Waals surface area (Å²) in [5, 5.41) is 8.45. The number of rotatable bonds is 4. The van der Waals surface area contributed by atoms with E-state index in [1.807, 2.05) is 36.6 Å². The highest BCUT2D eigenvalue weighted by atomic mass is 35.5. The number of nitrogens with zero attached hydrogens (tertiary/aromatic N) is 1. The Kier molecular flexibility index (Phi) is 6.16. The molecule has 3 amide bonds. The molecule has 0 radical (unpaired) electrons. The minimum atomic E-state index is -0.212. The van der Waals surface area contributed by atoms with E-state index in [0.29, 0.717) is 30.3 Å². The lowest BCUT2D eigenvalue weighted by Gasteiger charge is -2.32. The van der Waals surface area contributed by atoms with E-state index in [4.69, 9.17) is 11.6 Å². The molecule has 26 heavy (non-hydrogen) atoms. The van der Waals surface area contributed by atoms with Gasteiger partial charge < -0.3 is 15.5 Å². The molecule has 1 aliphatic heterocycles. The van der Waals surface area contributed by atoms with Crippen LogP contribution in [0.5, 0.6) is 0 Å². The predicted octanol–water partition coefficient (Wildman–Crippen LogP) is 4.27. The lowest BCUT2D eigenvalue weighted by Crippen LogP contribution is -2.47. The van der Waals surface area contributed by atoms with Gasteiger partial charge in [0.25, 0.3) is 0 Å². The number of aryl methyl sites for hydroxylation is 1. The molecule has 2 heterocycles. The molecule has 2 aromatic rings. The summed E-state index contributed by atoms with van der Waals surface area (Å²) in [4.78, 5) is 27.8. The van der Waals surface area contributed by atoms with E-state index >= 15 is 0 Å². The van der Waals surface area contributed by atoms with Crippen LogP contribution in [-0.4, -0.2) is 29.9 Å². The molecule has 3 rings (SSSR count). The summed E-state index contributed by atoms with van der Waals surface area (Å²) in [6.07, 6.45) is 1.60. The molecule has 0 saturated carbocycles. The number of amides is 3. The molecule has 1 atom stereocenters. The molecule has 0 spiro atoms. The molecule has 0 bridgehead atoms. The Balaban J connectivity index is 1.54. The lowest BCUT2D eigenvalue weighted by molar-refractivity contribution is -0.121. The first kappa shape index (κ1) is 18.7. The summed E-state index contributed by atoms with van der Waals surface area (Å²) in [6, 6.07) is 9.31. The Morgan fingerprint density at radius 3 is 2.92 bits per heavy atom. The maximum absolute atomic E-state index is 12.6. The monoisotopic (exact) mass is 391 g/mol. The van der Waals surface area contributed by atoms with Crippen molar-refractivity contribution in [3.8, 4) is 0 Å². The molecule has 5 nitrogen and oxygen atoms in total. The molecular formula is C19H22ClN3O2S. The van der Waals surface area contributed by atoms with Crippen molar-refractivity contribution in [2.45, 2.75) is 26.3 Å². The molecule has 1 fully saturated rings. The third-order valence-corrected chi connectivity index (χ3v) is 5.80. The number of hydrogen-bond donors (Lipinski definition) is 2. The Morgan fingerprint density at radius 2 is 2.19 bits per heavy atom. The number of carbonyl (C=O) groups is 2. The molecule has 1 unspecified atom stereocenters. The first-order chi connectivity index (χ1) is 12.5. The number of benzene rings is 1. The summed E-state index contributed by atoms with van der Waals surface area (Å²) in [5.41, 5.74) is 1.65. The minimum Gasteiger partial charge on any atom is -0.333 e. The number of carbonyl (C=O) groups excluding carboxylic acids is 2. The topological polar surface area (TPSA) is 61.4 Å². The molecule has 1 aliphatic rings. The zero-order valence-electron chi connectivity index (χ0n) is 14.6. The van der Waals surface area contributed by atoms with Gasteiger partial charge in [-0.1, -0.05) is 23.7 Å². The van der Waals surface area contributed by atoms with Crippen molar-refractivity contribution in [2.75, 3.05) is 18.4 Å². The number of thiophene rings is 1. The number of likely N-dealkylation sites (tertiary alicyclic amines) is 1. The van der Waals surface area contributed by atoms with Gasteiger partial charge in [-0.15, -0.1) is 11.3 Å². The van der Waals surface area contributed by atoms with Gasteiger partial charge in [0.05, 0.1) is 12.5 Å². The van der Waals surface area contributed by atoms with Crippen molar-refractivity contribution in [3.05, 3.63) is 51.2 Å². The maximum Gasteiger partial charge on any atom is 0.317 e. The van der Waals surface area contributed by atoms with Gasteiger partial charge in [-0.2, -0.15) is 0 Å². The van der Waals surface area contributed by atoms with Crippen molar-refractivity contribution in [1.29, 1.82) is 0 Å². The third kappa shape index (κ3) is 4.77. The van der Waals surface area contributed by atoms with Crippen molar-refractivity contribution in [1.82, 2.24) is 10.2 Å². The van der Waals surface area contributed by atoms with E-state index in [-0.39, 0.29) is 17.9 Å². The number of piperidine rings is 1. The average Bonchev–Trinajstić information content (AvgIpc) is 3.16. The second kappa shape index (κ2) is 8.56. The largest absolute Gasteiger partial charge is 0.333 e. The zero-order chi connectivity index (χ0) is 18.5. The molecule has 138 valence electrons. The summed E-state index contributed by atoms with van der Waals surface area (Å²) in [6.45, 7) is 3.55. The highest BCUT2D eigenvalue weighted by molar-refractivity contribution is 7.09. The number of urea groups is 1. The Bertz CT molecular complexity index is 779. The van der Waals surface area contributed by atoms with Crippen LogP contribution < -0.4 is 10.6 Å². The summed E-state index contributed by atoms with van der Waals surface area (Å²) in [7, 11) is 0. The van der Waals surface area contributed by atoms with Gasteiger partial charge in [0.15, 0.2) is 0 Å². The van der Waals surface area contributed by atoms with Gasteiger partial charge in [-0.05, 0) is 48.9 Å². The van der Waals surface area contributed by atoms with Crippen LogP contribution in [-0.2, 0) is 11.3 Å². The Labute approximate surface area is 162 Å². The van der Waals surface area contributed by atoms with E-state index in [9.17, 15) is 9.59 Å². The predicted molar refractivity (Wildman–Crippen MR) is 106 cm³/mol. The van der Waals surface area contributed by atoms with Crippen molar-refractivity contribution in [3.63, 3.8) is 0 Å². The molecule has 1 saturated heterocycles. The van der Waals surface area contributed by atoms with Crippen molar-refractivity contribution >= 4 is 40.6 Å². The second-order valence-electron chi connectivity index (χ2n) is 6.48. The number of nitrogens with one attached hydrogen (secondary N) is 2. The molecular weight excluding hydrogens is 370 g/mol. The lowest BCUT2D eigenvalue weighted by atomic mass is 9.97. The number of halogens is 1. The van der Waals surface area contributed by atoms with Crippen LogP contribution in [0.1, 0.15) is 23.3 Å². The number of hydrogen-bond acceptors (Lipinski definition) is 3. The van der Waals surface area contributed by atoms with Crippen LogP contribution in [0.25, 0.3) is 0 Å². The van der Waals surface area contributed by atoms with Gasteiger partial charge in [-0.25, -0.2) is 4.79 Å². The van der Waals surface area contributed by atoms with Crippen LogP contribution in [0.4, 0.5) is 10.5 Å². The first-order valence-corrected chi connectivity index (χ1v) is 9.91. The fourth-order valence-corrected chi connectivity index (χ4v) is 3.80. The SMILES string of the molecule is Cc1ccc(NC(=O)C2CCCN(C(=O)NCc3cccs3)C2)cc1Cl. The smallest absolute Gasteiger partial charge is 0.317 e. The van der Waals surface area contributed by atoms with Gasteiger partial charge in [0.1, 0.15) is 0 Å². The van der Waals surface area contributed by atoms with Crippen LogP contribution in [0.15, 0.2) is 35.7 Å². The van der Waals surface area contributed by atoms with Gasteiger partial charge in [0, 0.05) is 28.7 Å². The Hall–Kier alpha value is -2.05.